The van der Waals surface area contributed by atoms with Crippen LogP contribution in [0.2, 0.25) is 0 Å². The molecule has 0 aliphatic heterocycles. The van der Waals surface area contributed by atoms with Gasteiger partial charge in [-0.2, -0.15) is 0 Å². The number of hydrogen-bond acceptors (Lipinski definition) is 3. The van der Waals surface area contributed by atoms with E-state index in [4.69, 9.17) is 9.47 Å². The first-order chi connectivity index (χ1) is 8.21. The number of halogens is 1. The normalized spacial score (nSPS) is 9.82. The summed E-state index contributed by atoms with van der Waals surface area (Å²) in [7, 11) is 3.18. The summed E-state index contributed by atoms with van der Waals surface area (Å²) in [5, 5.41) is 3.49. The molecule has 1 N–H and O–H groups in total. The van der Waals surface area contributed by atoms with Gasteiger partial charge in [0.15, 0.2) is 11.5 Å². The van der Waals surface area contributed by atoms with Crippen molar-refractivity contribution in [1.29, 1.82) is 0 Å². The molecular weight excluding hydrogens is 286 g/mol. The lowest BCUT2D eigenvalue weighted by atomic mass is 10.2. The highest BCUT2D eigenvalue weighted by Crippen LogP contribution is 2.27. The largest absolute Gasteiger partial charge is 0.493 e. The van der Waals surface area contributed by atoms with Gasteiger partial charge in [-0.15, -0.1) is 0 Å². The number of carbonyl (C=O) groups is 1. The minimum atomic E-state index is 0.0247. The molecule has 0 heterocycles. The van der Waals surface area contributed by atoms with E-state index < -0.39 is 0 Å². The molecule has 5 heteroatoms. The molecule has 17 heavy (non-hydrogen) atoms. The van der Waals surface area contributed by atoms with Crippen molar-refractivity contribution in [2.75, 3.05) is 19.5 Å². The zero-order valence-electron chi connectivity index (χ0n) is 9.96. The Morgan fingerprint density at radius 1 is 1.29 bits per heavy atom. The van der Waals surface area contributed by atoms with Crippen LogP contribution in [0.3, 0.4) is 0 Å². The Balaban J connectivity index is 2.63. The zero-order valence-corrected chi connectivity index (χ0v) is 11.5. The Morgan fingerprint density at radius 2 is 2.00 bits per heavy atom. The molecule has 0 saturated carbocycles. The SMILES string of the molecule is COc1ccc(CNC(=O)CCBr)cc1OC. The van der Waals surface area contributed by atoms with Gasteiger partial charge in [0.1, 0.15) is 0 Å². The molecule has 0 saturated heterocycles. The second kappa shape index (κ2) is 7.17. The zero-order chi connectivity index (χ0) is 12.7. The van der Waals surface area contributed by atoms with Gasteiger partial charge in [-0.1, -0.05) is 22.0 Å². The molecule has 1 amide bonds. The van der Waals surface area contributed by atoms with Gasteiger partial charge in [0.2, 0.25) is 5.91 Å². The van der Waals surface area contributed by atoms with Crippen molar-refractivity contribution in [1.82, 2.24) is 5.32 Å². The van der Waals surface area contributed by atoms with Gasteiger partial charge in [0.05, 0.1) is 14.2 Å². The van der Waals surface area contributed by atoms with Gasteiger partial charge in [0.25, 0.3) is 0 Å². The van der Waals surface area contributed by atoms with Gasteiger partial charge < -0.3 is 14.8 Å². The van der Waals surface area contributed by atoms with E-state index in [-0.39, 0.29) is 5.91 Å². The van der Waals surface area contributed by atoms with Gasteiger partial charge in [-0.3, -0.25) is 4.79 Å². The second-order valence-electron chi connectivity index (χ2n) is 3.41. The number of alkyl halides is 1. The molecule has 1 aromatic carbocycles. The van der Waals surface area contributed by atoms with Gasteiger partial charge in [0, 0.05) is 18.3 Å². The first kappa shape index (κ1) is 13.8. The van der Waals surface area contributed by atoms with E-state index in [1.165, 1.54) is 0 Å². The Labute approximate surface area is 109 Å². The molecule has 0 bridgehead atoms. The van der Waals surface area contributed by atoms with Crippen molar-refractivity contribution in [3.63, 3.8) is 0 Å². The van der Waals surface area contributed by atoms with E-state index in [9.17, 15) is 4.79 Å². The van der Waals surface area contributed by atoms with Crippen LogP contribution in [0.4, 0.5) is 0 Å². The van der Waals surface area contributed by atoms with Crippen molar-refractivity contribution >= 4 is 21.8 Å². The summed E-state index contributed by atoms with van der Waals surface area (Å²) in [6.07, 6.45) is 0.479. The summed E-state index contributed by atoms with van der Waals surface area (Å²) in [5.41, 5.74) is 0.977. The summed E-state index contributed by atoms with van der Waals surface area (Å²) in [6, 6.07) is 5.58. The molecule has 0 aliphatic carbocycles. The van der Waals surface area contributed by atoms with Gasteiger partial charge in [-0.25, -0.2) is 0 Å². The van der Waals surface area contributed by atoms with E-state index in [1.54, 1.807) is 14.2 Å². The van der Waals surface area contributed by atoms with Gasteiger partial charge >= 0.3 is 0 Å². The highest BCUT2D eigenvalue weighted by atomic mass is 79.9. The number of benzene rings is 1. The van der Waals surface area contributed by atoms with Crippen LogP contribution in [0.25, 0.3) is 0 Å². The van der Waals surface area contributed by atoms with Crippen molar-refractivity contribution < 1.29 is 14.3 Å². The predicted octanol–water partition coefficient (Wildman–Crippen LogP) is 2.10. The average Bonchev–Trinajstić information content (AvgIpc) is 2.36. The van der Waals surface area contributed by atoms with Crippen LogP contribution in [0.15, 0.2) is 18.2 Å². The number of hydrogen-bond donors (Lipinski definition) is 1. The van der Waals surface area contributed by atoms with E-state index in [2.05, 4.69) is 21.2 Å². The highest BCUT2D eigenvalue weighted by Gasteiger charge is 2.05. The number of rotatable bonds is 6. The Morgan fingerprint density at radius 3 is 2.59 bits per heavy atom. The number of nitrogens with one attached hydrogen (secondary N) is 1. The third kappa shape index (κ3) is 4.26. The van der Waals surface area contributed by atoms with Crippen LogP contribution in [-0.4, -0.2) is 25.5 Å². The quantitative estimate of drug-likeness (QED) is 0.819. The molecule has 0 spiro atoms. The summed E-state index contributed by atoms with van der Waals surface area (Å²) >= 11 is 3.22. The van der Waals surface area contributed by atoms with Crippen molar-refractivity contribution in [2.45, 2.75) is 13.0 Å². The Kier molecular flexibility index (Phi) is 5.83. The molecule has 0 atom stereocenters. The van der Waals surface area contributed by atoms with Crippen LogP contribution in [0, 0.1) is 0 Å². The first-order valence-corrected chi connectivity index (χ1v) is 6.37. The predicted molar refractivity (Wildman–Crippen MR) is 69.8 cm³/mol. The van der Waals surface area contributed by atoms with Crippen LogP contribution in [0.1, 0.15) is 12.0 Å². The molecule has 0 aliphatic rings. The third-order valence-electron chi connectivity index (χ3n) is 2.26. The fourth-order valence-electron chi connectivity index (χ4n) is 1.37. The molecule has 1 rings (SSSR count). The highest BCUT2D eigenvalue weighted by molar-refractivity contribution is 9.09. The lowest BCUT2D eigenvalue weighted by Gasteiger charge is -2.10. The van der Waals surface area contributed by atoms with E-state index in [1.807, 2.05) is 18.2 Å². The summed E-state index contributed by atoms with van der Waals surface area (Å²) in [6.45, 7) is 0.492. The number of carbonyl (C=O) groups excluding carboxylic acids is 1. The molecule has 0 aromatic heterocycles. The molecule has 4 nitrogen and oxygen atoms in total. The monoisotopic (exact) mass is 301 g/mol. The second-order valence-corrected chi connectivity index (χ2v) is 4.20. The number of methoxy groups -OCH3 is 2. The maximum absolute atomic E-state index is 11.3. The van der Waals surface area contributed by atoms with Crippen molar-refractivity contribution in [3.8, 4) is 11.5 Å². The summed E-state index contributed by atoms with van der Waals surface area (Å²) in [4.78, 5) is 11.3. The minimum absolute atomic E-state index is 0.0247. The molecule has 0 radical (unpaired) electrons. The maximum atomic E-state index is 11.3. The summed E-state index contributed by atoms with van der Waals surface area (Å²) < 4.78 is 10.3. The fraction of sp³-hybridized carbons (Fsp3) is 0.417. The van der Waals surface area contributed by atoms with Crippen LogP contribution < -0.4 is 14.8 Å². The molecule has 0 unspecified atom stereocenters. The summed E-state index contributed by atoms with van der Waals surface area (Å²) in [5.74, 6) is 1.37. The Hall–Kier alpha value is -1.23. The maximum Gasteiger partial charge on any atom is 0.221 e. The lowest BCUT2D eigenvalue weighted by Crippen LogP contribution is -2.22. The van der Waals surface area contributed by atoms with Crippen LogP contribution in [0.5, 0.6) is 11.5 Å². The lowest BCUT2D eigenvalue weighted by molar-refractivity contribution is -0.120. The fourth-order valence-corrected chi connectivity index (χ4v) is 1.73. The standard InChI is InChI=1S/C12H16BrNO3/c1-16-10-4-3-9(7-11(10)17-2)8-14-12(15)5-6-13/h3-4,7H,5-6,8H2,1-2H3,(H,14,15). The number of amides is 1. The van der Waals surface area contributed by atoms with Crippen molar-refractivity contribution in [2.24, 2.45) is 0 Å². The van der Waals surface area contributed by atoms with E-state index in [0.717, 1.165) is 5.56 Å². The topological polar surface area (TPSA) is 47.6 Å². The van der Waals surface area contributed by atoms with Crippen LogP contribution >= 0.6 is 15.9 Å². The molecular formula is C12H16BrNO3. The Bertz CT molecular complexity index is 382. The third-order valence-corrected chi connectivity index (χ3v) is 2.66. The van der Waals surface area contributed by atoms with Crippen LogP contribution in [-0.2, 0) is 11.3 Å². The number of ether oxygens (including phenoxy) is 2. The first-order valence-electron chi connectivity index (χ1n) is 5.24. The van der Waals surface area contributed by atoms with Crippen molar-refractivity contribution in [3.05, 3.63) is 23.8 Å². The molecule has 0 fully saturated rings. The van der Waals surface area contributed by atoms with E-state index >= 15 is 0 Å². The molecule has 94 valence electrons. The van der Waals surface area contributed by atoms with E-state index in [0.29, 0.717) is 29.8 Å². The smallest absolute Gasteiger partial charge is 0.221 e. The van der Waals surface area contributed by atoms with Gasteiger partial charge in [-0.05, 0) is 17.7 Å². The minimum Gasteiger partial charge on any atom is -0.493 e. The average molecular weight is 302 g/mol. The molecule has 1 aromatic rings.